The third kappa shape index (κ3) is 2.45. The van der Waals surface area contributed by atoms with Gasteiger partial charge in [-0.05, 0) is 23.8 Å². The van der Waals surface area contributed by atoms with Crippen molar-refractivity contribution >= 4 is 17.0 Å². The topological polar surface area (TPSA) is 69.6 Å². The van der Waals surface area contributed by atoms with Gasteiger partial charge in [0.15, 0.2) is 0 Å². The maximum absolute atomic E-state index is 13.4. The summed E-state index contributed by atoms with van der Waals surface area (Å²) in [7, 11) is 0. The molecule has 0 unspecified atom stereocenters. The lowest BCUT2D eigenvalue weighted by Gasteiger charge is -2.06. The first kappa shape index (κ1) is 13.2. The van der Waals surface area contributed by atoms with Crippen LogP contribution in [-0.4, -0.2) is 16.4 Å². The second-order valence-corrected chi connectivity index (χ2v) is 4.72. The summed E-state index contributed by atoms with van der Waals surface area (Å²) in [5.74, 6) is -0.423. The van der Waals surface area contributed by atoms with E-state index in [-0.39, 0.29) is 11.1 Å². The number of hydrogen-bond donors (Lipinski definition) is 2. The van der Waals surface area contributed by atoms with Gasteiger partial charge in [0.05, 0.1) is 11.1 Å². The van der Waals surface area contributed by atoms with Gasteiger partial charge in [0.2, 0.25) is 0 Å². The minimum Gasteiger partial charge on any atom is -0.308 e. The monoisotopic (exact) mass is 281 g/mol. The number of aromatic nitrogens is 2. The van der Waals surface area contributed by atoms with Crippen LogP contribution in [0.3, 0.4) is 0 Å². The molecule has 0 saturated heterocycles. The largest absolute Gasteiger partial charge is 0.308 e. The highest BCUT2D eigenvalue weighted by Crippen LogP contribution is 2.17. The van der Waals surface area contributed by atoms with Crippen molar-refractivity contribution in [3.63, 3.8) is 0 Å². The zero-order chi connectivity index (χ0) is 14.8. The molecule has 1 aromatic heterocycles. The summed E-state index contributed by atoms with van der Waals surface area (Å²) in [4.78, 5) is 11.7. The molecule has 21 heavy (non-hydrogen) atoms. The third-order valence-corrected chi connectivity index (χ3v) is 3.36. The van der Waals surface area contributed by atoms with E-state index in [9.17, 15) is 9.18 Å². The van der Waals surface area contributed by atoms with E-state index >= 15 is 0 Å². The summed E-state index contributed by atoms with van der Waals surface area (Å²) in [6, 6.07) is 11.8. The van der Waals surface area contributed by atoms with E-state index < -0.39 is 5.82 Å². The molecule has 2 N–H and O–H groups in total. The number of benzene rings is 2. The van der Waals surface area contributed by atoms with Gasteiger partial charge in [-0.1, -0.05) is 24.3 Å². The van der Waals surface area contributed by atoms with E-state index in [0.717, 1.165) is 17.2 Å². The fraction of sp³-hybridized carbons (Fsp3) is 0.0625. The molecule has 0 amide bonds. The zero-order valence-corrected chi connectivity index (χ0v) is 11.1. The van der Waals surface area contributed by atoms with Gasteiger partial charge in [-0.2, -0.15) is 5.10 Å². The number of nitrogens with one attached hydrogen (secondary N) is 2. The number of halogens is 1. The maximum Gasteiger partial charge on any atom is 0.272 e. The predicted molar refractivity (Wildman–Crippen MR) is 79.5 cm³/mol. The molecule has 0 aliphatic rings. The lowest BCUT2D eigenvalue weighted by atomic mass is 10.0. The SMILES string of the molecule is N=Cc1cc(Cc2n[nH]c(=O)c3ccccc23)ccc1F. The quantitative estimate of drug-likeness (QED) is 0.725. The first-order valence-electron chi connectivity index (χ1n) is 6.44. The molecule has 1 heterocycles. The van der Waals surface area contributed by atoms with Gasteiger partial charge in [-0.25, -0.2) is 9.49 Å². The highest BCUT2D eigenvalue weighted by Gasteiger charge is 2.08. The Labute approximate surface area is 119 Å². The number of nitrogens with zero attached hydrogens (tertiary/aromatic N) is 1. The van der Waals surface area contributed by atoms with Crippen LogP contribution >= 0.6 is 0 Å². The van der Waals surface area contributed by atoms with Gasteiger partial charge < -0.3 is 5.41 Å². The molecular formula is C16H12FN3O. The maximum atomic E-state index is 13.4. The molecule has 5 heteroatoms. The predicted octanol–water partition coefficient (Wildman–Crippen LogP) is 2.65. The number of hydrogen-bond acceptors (Lipinski definition) is 3. The van der Waals surface area contributed by atoms with Crippen LogP contribution in [0.2, 0.25) is 0 Å². The molecule has 0 bridgehead atoms. The Morgan fingerprint density at radius 1 is 1.19 bits per heavy atom. The molecule has 0 fully saturated rings. The van der Waals surface area contributed by atoms with Crippen LogP contribution in [0.5, 0.6) is 0 Å². The average molecular weight is 281 g/mol. The van der Waals surface area contributed by atoms with Crippen LogP contribution in [0, 0.1) is 11.2 Å². The lowest BCUT2D eigenvalue weighted by molar-refractivity contribution is 0.625. The minimum atomic E-state index is -0.423. The van der Waals surface area contributed by atoms with Gasteiger partial charge in [0.25, 0.3) is 5.56 Å². The van der Waals surface area contributed by atoms with Gasteiger partial charge in [0.1, 0.15) is 5.82 Å². The van der Waals surface area contributed by atoms with Crippen LogP contribution in [0.4, 0.5) is 4.39 Å². The van der Waals surface area contributed by atoms with Crippen molar-refractivity contribution in [1.29, 1.82) is 5.41 Å². The van der Waals surface area contributed by atoms with Crippen molar-refractivity contribution in [2.75, 3.05) is 0 Å². The third-order valence-electron chi connectivity index (χ3n) is 3.36. The average Bonchev–Trinajstić information content (AvgIpc) is 2.52. The van der Waals surface area contributed by atoms with Gasteiger partial charge in [-0.3, -0.25) is 4.79 Å². The Morgan fingerprint density at radius 3 is 2.71 bits per heavy atom. The van der Waals surface area contributed by atoms with Crippen molar-refractivity contribution in [3.05, 3.63) is 75.5 Å². The van der Waals surface area contributed by atoms with Gasteiger partial charge >= 0.3 is 0 Å². The van der Waals surface area contributed by atoms with Crippen LogP contribution in [0.25, 0.3) is 10.8 Å². The Bertz CT molecular complexity index is 886. The fourth-order valence-electron chi connectivity index (χ4n) is 2.31. The van der Waals surface area contributed by atoms with E-state index in [1.807, 2.05) is 12.1 Å². The van der Waals surface area contributed by atoms with E-state index in [2.05, 4.69) is 10.2 Å². The molecule has 3 aromatic rings. The number of H-pyrrole nitrogens is 1. The van der Waals surface area contributed by atoms with E-state index in [0.29, 0.717) is 17.5 Å². The second-order valence-electron chi connectivity index (χ2n) is 4.72. The van der Waals surface area contributed by atoms with Crippen molar-refractivity contribution < 1.29 is 4.39 Å². The molecule has 0 aliphatic carbocycles. The molecule has 3 rings (SSSR count). The second kappa shape index (κ2) is 5.28. The number of rotatable bonds is 3. The first-order chi connectivity index (χ1) is 10.2. The molecule has 0 saturated carbocycles. The zero-order valence-electron chi connectivity index (χ0n) is 11.1. The Kier molecular flexibility index (Phi) is 3.31. The molecule has 2 aromatic carbocycles. The fourth-order valence-corrected chi connectivity index (χ4v) is 2.31. The molecule has 0 spiro atoms. The van der Waals surface area contributed by atoms with Crippen molar-refractivity contribution in [1.82, 2.24) is 10.2 Å². The minimum absolute atomic E-state index is 0.228. The molecule has 0 radical (unpaired) electrons. The first-order valence-corrected chi connectivity index (χ1v) is 6.44. The summed E-state index contributed by atoms with van der Waals surface area (Å²) in [6.45, 7) is 0. The molecule has 0 aliphatic heterocycles. The Morgan fingerprint density at radius 2 is 1.95 bits per heavy atom. The van der Waals surface area contributed by atoms with Crippen molar-refractivity contribution in [2.45, 2.75) is 6.42 Å². The van der Waals surface area contributed by atoms with Gasteiger partial charge in [0, 0.05) is 23.6 Å². The summed E-state index contributed by atoms with van der Waals surface area (Å²) in [6.07, 6.45) is 1.44. The summed E-state index contributed by atoms with van der Waals surface area (Å²) < 4.78 is 13.4. The van der Waals surface area contributed by atoms with Crippen LogP contribution in [-0.2, 0) is 6.42 Å². The van der Waals surface area contributed by atoms with Crippen LogP contribution in [0.1, 0.15) is 16.8 Å². The van der Waals surface area contributed by atoms with E-state index in [1.54, 1.807) is 24.3 Å². The summed E-state index contributed by atoms with van der Waals surface area (Å²) in [5.41, 5.74) is 1.56. The van der Waals surface area contributed by atoms with Crippen molar-refractivity contribution in [2.24, 2.45) is 0 Å². The van der Waals surface area contributed by atoms with Crippen molar-refractivity contribution in [3.8, 4) is 0 Å². The van der Waals surface area contributed by atoms with Gasteiger partial charge in [-0.15, -0.1) is 0 Å². The Hall–Kier alpha value is -2.82. The number of fused-ring (bicyclic) bond motifs is 1. The smallest absolute Gasteiger partial charge is 0.272 e. The molecular weight excluding hydrogens is 269 g/mol. The standard InChI is InChI=1S/C16H12FN3O/c17-14-6-5-10(7-11(14)9-18)8-15-12-3-1-2-4-13(12)16(21)20-19-15/h1-7,9,18H,8H2,(H,20,21). The van der Waals surface area contributed by atoms with Crippen LogP contribution in [0.15, 0.2) is 47.3 Å². The molecule has 0 atom stereocenters. The van der Waals surface area contributed by atoms with E-state index in [1.165, 1.54) is 6.07 Å². The highest BCUT2D eigenvalue weighted by atomic mass is 19.1. The lowest BCUT2D eigenvalue weighted by Crippen LogP contribution is -2.11. The molecule has 104 valence electrons. The van der Waals surface area contributed by atoms with E-state index in [4.69, 9.17) is 5.41 Å². The highest BCUT2D eigenvalue weighted by molar-refractivity contribution is 5.83. The summed E-state index contributed by atoms with van der Waals surface area (Å²) >= 11 is 0. The number of aromatic amines is 1. The summed E-state index contributed by atoms with van der Waals surface area (Å²) in [5, 5.41) is 15.1. The normalized spacial score (nSPS) is 10.7. The molecule has 4 nitrogen and oxygen atoms in total. The van der Waals surface area contributed by atoms with Crippen LogP contribution < -0.4 is 5.56 Å². The Balaban J connectivity index is 2.08.